The summed E-state index contributed by atoms with van der Waals surface area (Å²) in [5, 5.41) is 7.68. The molecule has 0 saturated heterocycles. The fourth-order valence-corrected chi connectivity index (χ4v) is 3.81. The molecule has 0 spiro atoms. The normalized spacial score (nSPS) is 10.8. The van der Waals surface area contributed by atoms with Gasteiger partial charge in [-0.25, -0.2) is 4.68 Å². The van der Waals surface area contributed by atoms with Gasteiger partial charge in [0, 0.05) is 11.3 Å². The number of amides is 1. The smallest absolute Gasteiger partial charge is 0.252 e. The maximum Gasteiger partial charge on any atom is 0.252 e. The van der Waals surface area contributed by atoms with E-state index < -0.39 is 0 Å². The quantitative estimate of drug-likeness (QED) is 0.437. The number of aryl methyl sites for hydroxylation is 2. The zero-order valence-electron chi connectivity index (χ0n) is 19.2. The number of nitrogens with zero attached hydrogens (tertiary/aromatic N) is 2. The van der Waals surface area contributed by atoms with Crippen molar-refractivity contribution in [2.24, 2.45) is 0 Å². The largest absolute Gasteiger partial charge is 0.497 e. The Bertz CT molecular complexity index is 1180. The van der Waals surface area contributed by atoms with Gasteiger partial charge >= 0.3 is 0 Å². The molecule has 0 bridgehead atoms. The van der Waals surface area contributed by atoms with Crippen LogP contribution in [0, 0.1) is 13.8 Å². The van der Waals surface area contributed by atoms with Crippen LogP contribution in [0.15, 0.2) is 78.9 Å². The zero-order chi connectivity index (χ0) is 23.4. The Kier molecular flexibility index (Phi) is 6.45. The lowest BCUT2D eigenvalue weighted by Gasteiger charge is -2.21. The molecule has 3 aromatic carbocycles. The Morgan fingerprint density at radius 2 is 1.33 bits per heavy atom. The van der Waals surface area contributed by atoms with Crippen molar-refractivity contribution in [1.82, 2.24) is 15.1 Å². The van der Waals surface area contributed by atoms with Crippen LogP contribution < -0.4 is 14.8 Å². The third-order valence-electron chi connectivity index (χ3n) is 5.56. The van der Waals surface area contributed by atoms with Crippen LogP contribution in [0.25, 0.3) is 5.69 Å². The summed E-state index contributed by atoms with van der Waals surface area (Å²) in [7, 11) is 3.26. The molecule has 1 N–H and O–H groups in total. The third-order valence-corrected chi connectivity index (χ3v) is 5.56. The highest BCUT2D eigenvalue weighted by Gasteiger charge is 2.18. The molecule has 0 fully saturated rings. The summed E-state index contributed by atoms with van der Waals surface area (Å²) in [6.07, 6.45) is 0. The summed E-state index contributed by atoms with van der Waals surface area (Å²) in [4.78, 5) is 13.2. The predicted molar refractivity (Wildman–Crippen MR) is 128 cm³/mol. The second kappa shape index (κ2) is 9.61. The highest BCUT2D eigenvalue weighted by molar-refractivity contribution is 5.94. The fourth-order valence-electron chi connectivity index (χ4n) is 3.81. The van der Waals surface area contributed by atoms with Gasteiger partial charge in [0.2, 0.25) is 0 Å². The first-order valence-corrected chi connectivity index (χ1v) is 10.7. The van der Waals surface area contributed by atoms with Crippen LogP contribution >= 0.6 is 0 Å². The predicted octanol–water partition coefficient (Wildman–Crippen LogP) is 5.03. The Morgan fingerprint density at radius 3 is 1.76 bits per heavy atom. The lowest BCUT2D eigenvalue weighted by molar-refractivity contribution is 0.0943. The number of rotatable bonds is 7. The molecule has 0 atom stereocenters. The van der Waals surface area contributed by atoms with Gasteiger partial charge in [0.1, 0.15) is 11.5 Å². The average Bonchev–Trinajstić information content (AvgIpc) is 3.20. The number of hydrogen-bond donors (Lipinski definition) is 1. The van der Waals surface area contributed by atoms with Crippen molar-refractivity contribution in [2.75, 3.05) is 14.2 Å². The number of benzene rings is 3. The minimum atomic E-state index is -0.329. The average molecular weight is 442 g/mol. The highest BCUT2D eigenvalue weighted by atomic mass is 16.5. The molecule has 33 heavy (non-hydrogen) atoms. The molecule has 4 aromatic rings. The minimum absolute atomic E-state index is 0.161. The molecule has 0 saturated carbocycles. The van der Waals surface area contributed by atoms with Gasteiger partial charge in [-0.2, -0.15) is 5.10 Å². The molecule has 0 radical (unpaired) electrons. The molecule has 4 rings (SSSR count). The summed E-state index contributed by atoms with van der Waals surface area (Å²) in [5.41, 5.74) is 5.40. The van der Waals surface area contributed by atoms with Crippen molar-refractivity contribution in [3.63, 3.8) is 0 Å². The van der Waals surface area contributed by atoms with E-state index >= 15 is 0 Å². The summed E-state index contributed by atoms with van der Waals surface area (Å²) < 4.78 is 12.4. The monoisotopic (exact) mass is 441 g/mol. The fraction of sp³-hybridized carbons (Fsp3) is 0.185. The van der Waals surface area contributed by atoms with Crippen LogP contribution in [0.3, 0.4) is 0 Å². The first-order chi connectivity index (χ1) is 16.0. The van der Waals surface area contributed by atoms with Crippen LogP contribution in [-0.4, -0.2) is 29.9 Å². The van der Waals surface area contributed by atoms with Crippen molar-refractivity contribution in [1.29, 1.82) is 0 Å². The summed E-state index contributed by atoms with van der Waals surface area (Å²) >= 11 is 0. The van der Waals surface area contributed by atoms with Gasteiger partial charge in [0.05, 0.1) is 31.6 Å². The standard InChI is InChI=1S/C27H27N3O3/c1-18-17-19(2)30(29-18)23-11-5-22(6-12-23)27(31)28-26(20-7-13-24(32-3)14-8-20)21-9-15-25(33-4)16-10-21/h5-17,26H,1-4H3,(H,28,31). The van der Waals surface area contributed by atoms with Gasteiger partial charge in [-0.05, 0) is 79.6 Å². The zero-order valence-corrected chi connectivity index (χ0v) is 19.2. The SMILES string of the molecule is COc1ccc(C(NC(=O)c2ccc(-n3nc(C)cc3C)cc2)c2ccc(OC)cc2)cc1. The summed E-state index contributed by atoms with van der Waals surface area (Å²) in [6.45, 7) is 3.97. The number of aromatic nitrogens is 2. The summed E-state index contributed by atoms with van der Waals surface area (Å²) in [5.74, 6) is 1.36. The van der Waals surface area contributed by atoms with Crippen LogP contribution in [-0.2, 0) is 0 Å². The van der Waals surface area contributed by atoms with E-state index in [1.54, 1.807) is 14.2 Å². The topological polar surface area (TPSA) is 65.4 Å². The Labute approximate surface area is 193 Å². The molecule has 0 aliphatic carbocycles. The molecule has 0 aliphatic rings. The Morgan fingerprint density at radius 1 is 0.818 bits per heavy atom. The van der Waals surface area contributed by atoms with Gasteiger partial charge in [-0.1, -0.05) is 24.3 Å². The highest BCUT2D eigenvalue weighted by Crippen LogP contribution is 2.26. The van der Waals surface area contributed by atoms with E-state index in [0.717, 1.165) is 39.7 Å². The van der Waals surface area contributed by atoms with Crippen molar-refractivity contribution in [3.05, 3.63) is 107 Å². The number of methoxy groups -OCH3 is 2. The molecule has 6 nitrogen and oxygen atoms in total. The molecule has 1 amide bonds. The van der Waals surface area contributed by atoms with Gasteiger partial charge < -0.3 is 14.8 Å². The first kappa shape index (κ1) is 22.1. The Hall–Kier alpha value is -4.06. The molecule has 1 aromatic heterocycles. The summed E-state index contributed by atoms with van der Waals surface area (Å²) in [6, 6.07) is 24.5. The lowest BCUT2D eigenvalue weighted by Crippen LogP contribution is -2.29. The van der Waals surface area contributed by atoms with Gasteiger partial charge in [0.15, 0.2) is 0 Å². The minimum Gasteiger partial charge on any atom is -0.497 e. The van der Waals surface area contributed by atoms with Gasteiger partial charge in [-0.15, -0.1) is 0 Å². The van der Waals surface area contributed by atoms with Crippen LogP contribution in [0.5, 0.6) is 11.5 Å². The van der Waals surface area contributed by atoms with Crippen molar-refractivity contribution < 1.29 is 14.3 Å². The molecular formula is C27H27N3O3. The van der Waals surface area contributed by atoms with E-state index in [-0.39, 0.29) is 11.9 Å². The van der Waals surface area contributed by atoms with E-state index in [2.05, 4.69) is 10.4 Å². The molecule has 0 aliphatic heterocycles. The van der Waals surface area contributed by atoms with Crippen molar-refractivity contribution >= 4 is 5.91 Å². The van der Waals surface area contributed by atoms with Crippen LogP contribution in [0.1, 0.15) is 38.9 Å². The number of nitrogens with one attached hydrogen (secondary N) is 1. The second-order valence-corrected chi connectivity index (χ2v) is 7.84. The third kappa shape index (κ3) is 4.90. The number of hydrogen-bond acceptors (Lipinski definition) is 4. The maximum absolute atomic E-state index is 13.2. The molecular weight excluding hydrogens is 414 g/mol. The first-order valence-electron chi connectivity index (χ1n) is 10.7. The number of carbonyl (C=O) groups is 1. The number of carbonyl (C=O) groups excluding carboxylic acids is 1. The maximum atomic E-state index is 13.2. The van der Waals surface area contributed by atoms with E-state index in [1.165, 1.54) is 0 Å². The van der Waals surface area contributed by atoms with E-state index in [4.69, 9.17) is 9.47 Å². The van der Waals surface area contributed by atoms with Crippen LogP contribution in [0.2, 0.25) is 0 Å². The number of ether oxygens (including phenoxy) is 2. The van der Waals surface area contributed by atoms with Crippen LogP contribution in [0.4, 0.5) is 0 Å². The van der Waals surface area contributed by atoms with E-state index in [1.807, 2.05) is 97.4 Å². The second-order valence-electron chi connectivity index (χ2n) is 7.84. The van der Waals surface area contributed by atoms with Gasteiger partial charge in [0.25, 0.3) is 5.91 Å². The Balaban J connectivity index is 1.60. The van der Waals surface area contributed by atoms with Crippen molar-refractivity contribution in [3.8, 4) is 17.2 Å². The molecule has 168 valence electrons. The molecule has 0 unspecified atom stereocenters. The molecule has 1 heterocycles. The van der Waals surface area contributed by atoms with Gasteiger partial charge in [-0.3, -0.25) is 4.79 Å². The lowest BCUT2D eigenvalue weighted by atomic mass is 9.98. The molecule has 6 heteroatoms. The van der Waals surface area contributed by atoms with E-state index in [0.29, 0.717) is 5.56 Å². The van der Waals surface area contributed by atoms with E-state index in [9.17, 15) is 4.79 Å². The van der Waals surface area contributed by atoms with Crippen molar-refractivity contribution in [2.45, 2.75) is 19.9 Å².